The largest absolute Gasteiger partial charge is 0.334 e. The monoisotopic (exact) mass is 624 g/mol. The molecule has 5 amide bonds. The second-order valence-electron chi connectivity index (χ2n) is 10.8. The van der Waals surface area contributed by atoms with Gasteiger partial charge in [-0.1, -0.05) is 54.6 Å². The Labute approximate surface area is 263 Å². The fourth-order valence-electron chi connectivity index (χ4n) is 5.89. The van der Waals surface area contributed by atoms with Crippen molar-refractivity contribution in [1.82, 2.24) is 35.1 Å². The fourth-order valence-corrected chi connectivity index (χ4v) is 6.62. The van der Waals surface area contributed by atoms with Gasteiger partial charge in [0, 0.05) is 32.3 Å². The van der Waals surface area contributed by atoms with Crippen LogP contribution in [0.2, 0.25) is 0 Å². The van der Waals surface area contributed by atoms with E-state index in [9.17, 15) is 19.2 Å². The molecule has 2 saturated heterocycles. The van der Waals surface area contributed by atoms with Gasteiger partial charge in [-0.3, -0.25) is 14.4 Å². The molecule has 6 rings (SSSR count). The topological polar surface area (TPSA) is 131 Å². The van der Waals surface area contributed by atoms with Crippen molar-refractivity contribution in [3.05, 3.63) is 102 Å². The van der Waals surface area contributed by atoms with Gasteiger partial charge >= 0.3 is 6.03 Å². The van der Waals surface area contributed by atoms with Gasteiger partial charge in [0.25, 0.3) is 0 Å². The second-order valence-corrected chi connectivity index (χ2v) is 11.7. The number of hydrogen-bond donors (Lipinski definition) is 2. The average molecular weight is 625 g/mol. The third-order valence-electron chi connectivity index (χ3n) is 7.93. The molecule has 2 aromatic heterocycles. The van der Waals surface area contributed by atoms with Crippen molar-refractivity contribution >= 4 is 51.6 Å². The number of thiazole rings is 1. The van der Waals surface area contributed by atoms with E-state index >= 15 is 0 Å². The minimum atomic E-state index is -0.895. The minimum Gasteiger partial charge on any atom is -0.333 e. The van der Waals surface area contributed by atoms with Crippen molar-refractivity contribution in [2.24, 2.45) is 0 Å². The zero-order valence-corrected chi connectivity index (χ0v) is 25.2. The summed E-state index contributed by atoms with van der Waals surface area (Å²) in [6.45, 7) is 4.67. The first-order chi connectivity index (χ1) is 22.0. The predicted molar refractivity (Wildman–Crippen MR) is 169 cm³/mol. The number of piperazine rings is 1. The second kappa shape index (κ2) is 13.2. The van der Waals surface area contributed by atoms with Crippen molar-refractivity contribution in [3.8, 4) is 0 Å². The highest BCUT2D eigenvalue weighted by Crippen LogP contribution is 2.31. The molecule has 2 aliphatic rings. The maximum Gasteiger partial charge on any atom is 0.334 e. The Morgan fingerprint density at radius 1 is 1.04 bits per heavy atom. The van der Waals surface area contributed by atoms with E-state index in [0.717, 1.165) is 21.3 Å². The number of carbonyl (C=O) groups is 4. The number of rotatable bonds is 10. The van der Waals surface area contributed by atoms with Crippen molar-refractivity contribution < 1.29 is 19.2 Å². The maximum absolute atomic E-state index is 14.3. The molecule has 0 unspecified atom stereocenters. The summed E-state index contributed by atoms with van der Waals surface area (Å²) in [5.74, 6) is -0.125. The van der Waals surface area contributed by atoms with E-state index < -0.39 is 12.2 Å². The molecule has 230 valence electrons. The van der Waals surface area contributed by atoms with E-state index in [0.29, 0.717) is 24.3 Å². The highest BCUT2D eigenvalue weighted by Gasteiger charge is 2.51. The van der Waals surface area contributed by atoms with Gasteiger partial charge in [-0.05, 0) is 28.8 Å². The summed E-state index contributed by atoms with van der Waals surface area (Å²) in [5, 5.41) is 8.73. The van der Waals surface area contributed by atoms with Crippen molar-refractivity contribution in [1.29, 1.82) is 0 Å². The minimum absolute atomic E-state index is 0.0936. The number of amides is 5. The van der Waals surface area contributed by atoms with Crippen LogP contribution in [-0.2, 0) is 33.9 Å². The van der Waals surface area contributed by atoms with Gasteiger partial charge in [0.15, 0.2) is 0 Å². The number of para-hydroxylation sites is 1. The molecule has 13 heteroatoms. The molecule has 4 aromatic rings. The first kappa shape index (κ1) is 29.9. The van der Waals surface area contributed by atoms with Crippen molar-refractivity contribution in [3.63, 3.8) is 0 Å². The zero-order valence-electron chi connectivity index (χ0n) is 24.4. The molecule has 2 aliphatic heterocycles. The van der Waals surface area contributed by atoms with Gasteiger partial charge in [0.1, 0.15) is 18.0 Å². The average Bonchev–Trinajstić information content (AvgIpc) is 3.54. The number of hydrazine groups is 1. The molecule has 0 spiro atoms. The summed E-state index contributed by atoms with van der Waals surface area (Å²) in [6.07, 6.45) is 3.16. The number of benzene rings is 2. The number of anilines is 1. The number of pyridine rings is 1. The summed E-state index contributed by atoms with van der Waals surface area (Å²) in [4.78, 5) is 64.9. The Bertz CT molecular complexity index is 1710. The molecule has 0 aliphatic carbocycles. The number of urea groups is 1. The van der Waals surface area contributed by atoms with Crippen LogP contribution in [0.15, 0.2) is 85.0 Å². The Morgan fingerprint density at radius 2 is 1.89 bits per heavy atom. The van der Waals surface area contributed by atoms with E-state index in [2.05, 4.69) is 27.2 Å². The Morgan fingerprint density at radius 3 is 2.64 bits per heavy atom. The quantitative estimate of drug-likeness (QED) is 0.205. The molecule has 4 heterocycles. The summed E-state index contributed by atoms with van der Waals surface area (Å²) in [7, 11) is 0. The molecule has 0 saturated carbocycles. The number of hydrogen-bond acceptors (Lipinski definition) is 8. The number of nitrogens with zero attached hydrogens (tertiary/aromatic N) is 6. The number of nitrogens with one attached hydrogen (secondary N) is 2. The maximum atomic E-state index is 14.3. The van der Waals surface area contributed by atoms with E-state index in [4.69, 9.17) is 0 Å². The van der Waals surface area contributed by atoms with Crippen LogP contribution in [0, 0.1) is 0 Å². The summed E-state index contributed by atoms with van der Waals surface area (Å²) >= 11 is 1.52. The van der Waals surface area contributed by atoms with Gasteiger partial charge < -0.3 is 20.4 Å². The Hall–Kier alpha value is -5.14. The van der Waals surface area contributed by atoms with Gasteiger partial charge in [-0.15, -0.1) is 17.9 Å². The molecule has 0 radical (unpaired) electrons. The third-order valence-corrected chi connectivity index (χ3v) is 8.72. The van der Waals surface area contributed by atoms with E-state index in [-0.39, 0.29) is 50.4 Å². The van der Waals surface area contributed by atoms with Gasteiger partial charge in [-0.2, -0.15) is 0 Å². The SMILES string of the molecule is C=CCN1CC(=O)N2[C@@H](Cc3ccc(NC=O)nc3)C(=O)N(Cc3cccc4scnc34)C[C@@H]2N1C(=O)NCc1ccccc1. The predicted octanol–water partition coefficient (Wildman–Crippen LogP) is 3.00. The van der Waals surface area contributed by atoms with Crippen LogP contribution in [0.4, 0.5) is 10.6 Å². The van der Waals surface area contributed by atoms with E-state index in [1.807, 2.05) is 48.5 Å². The first-order valence-corrected chi connectivity index (χ1v) is 15.4. The third kappa shape index (κ3) is 6.26. The smallest absolute Gasteiger partial charge is 0.333 e. The number of aromatic nitrogens is 2. The Kier molecular flexibility index (Phi) is 8.80. The standard InChI is InChI=1S/C32H32N8O4S/c1-2-13-38-19-29(42)39-25(14-23-11-12-27(33-16-23)35-20-41)31(43)37(17-24-9-6-10-26-30(24)36-21-45-26)18-28(39)40(38)32(44)34-15-22-7-4-3-5-8-22/h2-12,16,20-21,25,28H,1,13-15,17-19H2,(H,34,44)(H,33,35,41)/t25-,28-/m0/s1. The van der Waals surface area contributed by atoms with E-state index in [1.165, 1.54) is 11.3 Å². The lowest BCUT2D eigenvalue weighted by molar-refractivity contribution is -0.189. The molecular formula is C32H32N8O4S. The molecule has 2 N–H and O–H groups in total. The fraction of sp³-hybridized carbons (Fsp3) is 0.250. The van der Waals surface area contributed by atoms with Crippen LogP contribution in [0.25, 0.3) is 10.2 Å². The van der Waals surface area contributed by atoms with E-state index in [1.54, 1.807) is 49.7 Å². The lowest BCUT2D eigenvalue weighted by atomic mass is 9.99. The van der Waals surface area contributed by atoms with Crippen LogP contribution in [-0.4, -0.2) is 85.9 Å². The van der Waals surface area contributed by atoms with Gasteiger partial charge in [-0.25, -0.2) is 24.8 Å². The van der Waals surface area contributed by atoms with Gasteiger partial charge in [0.2, 0.25) is 18.2 Å². The molecule has 45 heavy (non-hydrogen) atoms. The van der Waals surface area contributed by atoms with Crippen molar-refractivity contribution in [2.45, 2.75) is 31.7 Å². The Balaban J connectivity index is 1.35. The molecule has 2 atom stereocenters. The highest BCUT2D eigenvalue weighted by molar-refractivity contribution is 7.16. The van der Waals surface area contributed by atoms with Crippen LogP contribution in [0.5, 0.6) is 0 Å². The highest BCUT2D eigenvalue weighted by atomic mass is 32.1. The molecule has 0 bridgehead atoms. The lowest BCUT2D eigenvalue weighted by Gasteiger charge is -2.55. The number of fused-ring (bicyclic) bond motifs is 2. The first-order valence-electron chi connectivity index (χ1n) is 14.5. The van der Waals surface area contributed by atoms with Crippen molar-refractivity contribution in [2.75, 3.05) is 25.0 Å². The molecule has 2 aromatic carbocycles. The summed E-state index contributed by atoms with van der Waals surface area (Å²) < 4.78 is 1.01. The van der Waals surface area contributed by atoms with Crippen LogP contribution in [0.3, 0.4) is 0 Å². The lowest BCUT2D eigenvalue weighted by Crippen LogP contribution is -2.76. The summed E-state index contributed by atoms with van der Waals surface area (Å²) in [6, 6.07) is 17.6. The number of carbonyl (C=O) groups excluding carboxylic acids is 4. The van der Waals surface area contributed by atoms with Crippen LogP contribution >= 0.6 is 11.3 Å². The van der Waals surface area contributed by atoms with Gasteiger partial charge in [0.05, 0.1) is 28.8 Å². The molecule has 2 fully saturated rings. The van der Waals surface area contributed by atoms with Crippen LogP contribution in [0.1, 0.15) is 16.7 Å². The van der Waals surface area contributed by atoms with Crippen LogP contribution < -0.4 is 10.6 Å². The normalized spacial score (nSPS) is 18.5. The molecule has 12 nitrogen and oxygen atoms in total. The zero-order chi connectivity index (χ0) is 31.3. The summed E-state index contributed by atoms with van der Waals surface area (Å²) in [5.41, 5.74) is 5.11. The molecular weight excluding hydrogens is 592 g/mol.